The molecule has 4 aromatic rings. The lowest BCUT2D eigenvalue weighted by Crippen LogP contribution is -2.28. The van der Waals surface area contributed by atoms with Crippen molar-refractivity contribution in [3.8, 4) is 0 Å². The maximum absolute atomic E-state index is 13.1. The van der Waals surface area contributed by atoms with E-state index in [9.17, 15) is 4.79 Å². The molecule has 0 spiro atoms. The predicted molar refractivity (Wildman–Crippen MR) is 124 cm³/mol. The third-order valence-corrected chi connectivity index (χ3v) is 5.85. The highest BCUT2D eigenvalue weighted by Crippen LogP contribution is 2.34. The van der Waals surface area contributed by atoms with E-state index in [2.05, 4.69) is 78.6 Å². The molecule has 3 heteroatoms. The van der Waals surface area contributed by atoms with Gasteiger partial charge in [-0.25, -0.2) is 0 Å². The fourth-order valence-electron chi connectivity index (χ4n) is 4.17. The molecule has 152 valence electrons. The highest BCUT2D eigenvalue weighted by Gasteiger charge is 2.23. The van der Waals surface area contributed by atoms with Crippen LogP contribution in [0.5, 0.6) is 0 Å². The lowest BCUT2D eigenvalue weighted by Gasteiger charge is -2.20. The van der Waals surface area contributed by atoms with Gasteiger partial charge in [0.05, 0.1) is 6.04 Å². The van der Waals surface area contributed by atoms with Gasteiger partial charge >= 0.3 is 0 Å². The number of rotatable bonds is 6. The summed E-state index contributed by atoms with van der Waals surface area (Å²) in [6.07, 6.45) is 2.58. The Kier molecular flexibility index (Phi) is 5.71. The van der Waals surface area contributed by atoms with E-state index >= 15 is 0 Å². The monoisotopic (exact) mass is 396 g/mol. The van der Waals surface area contributed by atoms with Crippen molar-refractivity contribution < 1.29 is 4.79 Å². The fourth-order valence-corrected chi connectivity index (χ4v) is 4.17. The second-order valence-electron chi connectivity index (χ2n) is 8.08. The summed E-state index contributed by atoms with van der Waals surface area (Å²) in [4.78, 5) is 13.1. The van der Waals surface area contributed by atoms with Gasteiger partial charge in [0.2, 0.25) is 5.91 Å². The van der Waals surface area contributed by atoms with E-state index < -0.39 is 0 Å². The quantitative estimate of drug-likeness (QED) is 0.433. The van der Waals surface area contributed by atoms with E-state index in [0.717, 1.165) is 5.56 Å². The number of nitrogens with zero attached hydrogens (tertiary/aromatic N) is 1. The molecule has 0 aliphatic heterocycles. The lowest BCUT2D eigenvalue weighted by molar-refractivity contribution is -0.121. The summed E-state index contributed by atoms with van der Waals surface area (Å²) in [5.41, 5.74) is 5.88. The summed E-state index contributed by atoms with van der Waals surface area (Å²) in [5.74, 6) is 0.0598. The van der Waals surface area contributed by atoms with Gasteiger partial charge in [-0.15, -0.1) is 0 Å². The van der Waals surface area contributed by atoms with Crippen LogP contribution in [0.1, 0.15) is 47.6 Å². The molecule has 30 heavy (non-hydrogen) atoms. The molecule has 1 aromatic heterocycles. The number of hydrogen-bond donors (Lipinski definition) is 1. The first kappa shape index (κ1) is 20.0. The van der Waals surface area contributed by atoms with Crippen LogP contribution >= 0.6 is 0 Å². The summed E-state index contributed by atoms with van der Waals surface area (Å²) in [6.45, 7) is 4.12. The topological polar surface area (TPSA) is 34.0 Å². The van der Waals surface area contributed by atoms with E-state index in [1.807, 2.05) is 37.3 Å². The molecule has 0 saturated heterocycles. The fraction of sp³-hybridized carbons (Fsp3) is 0.222. The first-order valence-electron chi connectivity index (χ1n) is 10.5. The van der Waals surface area contributed by atoms with E-state index in [4.69, 9.17) is 0 Å². The second-order valence-corrected chi connectivity index (χ2v) is 8.08. The standard InChI is InChI=1S/C27H28N2O/c1-19-13-15-22(16-14-19)24(25-18-29(3)26-12-8-7-11-23(25)26)17-27(30)28-20(2)21-9-5-4-6-10-21/h4-16,18,20,24H,17H2,1-3H3,(H,28,30). The number of carbonyl (C=O) groups excluding carboxylic acids is 1. The number of fused-ring (bicyclic) bond motifs is 1. The smallest absolute Gasteiger partial charge is 0.221 e. The minimum Gasteiger partial charge on any atom is -0.350 e. The molecule has 0 bridgehead atoms. The van der Waals surface area contributed by atoms with E-state index in [-0.39, 0.29) is 17.9 Å². The van der Waals surface area contributed by atoms with E-state index in [1.165, 1.54) is 27.6 Å². The summed E-state index contributed by atoms with van der Waals surface area (Å²) < 4.78 is 2.15. The van der Waals surface area contributed by atoms with Crippen molar-refractivity contribution in [2.24, 2.45) is 7.05 Å². The van der Waals surface area contributed by atoms with Crippen LogP contribution in [-0.4, -0.2) is 10.5 Å². The number of aromatic nitrogens is 1. The highest BCUT2D eigenvalue weighted by molar-refractivity contribution is 5.86. The molecule has 3 aromatic carbocycles. The third kappa shape index (κ3) is 4.16. The first-order chi connectivity index (χ1) is 14.5. The maximum Gasteiger partial charge on any atom is 0.221 e. The van der Waals surface area contributed by atoms with Gasteiger partial charge in [0.25, 0.3) is 0 Å². The largest absolute Gasteiger partial charge is 0.350 e. The molecular weight excluding hydrogens is 368 g/mol. The summed E-state index contributed by atoms with van der Waals surface area (Å²) in [7, 11) is 2.07. The van der Waals surface area contributed by atoms with Crippen LogP contribution in [-0.2, 0) is 11.8 Å². The summed E-state index contributed by atoms with van der Waals surface area (Å²) in [6, 6.07) is 27.0. The van der Waals surface area contributed by atoms with Gasteiger partial charge in [-0.05, 0) is 36.6 Å². The predicted octanol–water partition coefficient (Wildman–Crippen LogP) is 5.89. The van der Waals surface area contributed by atoms with Crippen molar-refractivity contribution in [1.29, 1.82) is 0 Å². The third-order valence-electron chi connectivity index (χ3n) is 5.85. The minimum absolute atomic E-state index is 0.000302. The van der Waals surface area contributed by atoms with Gasteiger partial charge in [-0.2, -0.15) is 0 Å². The van der Waals surface area contributed by atoms with Crippen molar-refractivity contribution >= 4 is 16.8 Å². The van der Waals surface area contributed by atoms with Crippen LogP contribution in [0.3, 0.4) is 0 Å². The van der Waals surface area contributed by atoms with Gasteiger partial charge < -0.3 is 9.88 Å². The number of aryl methyl sites for hydroxylation is 2. The Morgan fingerprint density at radius 1 is 0.900 bits per heavy atom. The normalized spacial score (nSPS) is 13.2. The van der Waals surface area contributed by atoms with Crippen LogP contribution in [0.25, 0.3) is 10.9 Å². The zero-order chi connectivity index (χ0) is 21.1. The molecule has 3 nitrogen and oxygen atoms in total. The van der Waals surface area contributed by atoms with Crippen LogP contribution < -0.4 is 5.32 Å². The molecular formula is C27H28N2O. The molecule has 0 aliphatic carbocycles. The Labute approximate surface area is 178 Å². The van der Waals surface area contributed by atoms with Crippen LogP contribution in [0.2, 0.25) is 0 Å². The maximum atomic E-state index is 13.1. The zero-order valence-corrected chi connectivity index (χ0v) is 17.8. The SMILES string of the molecule is Cc1ccc(C(CC(=O)NC(C)c2ccccc2)c2cn(C)c3ccccc23)cc1. The summed E-state index contributed by atoms with van der Waals surface area (Å²) >= 11 is 0. The number of benzene rings is 3. The Balaban J connectivity index is 1.66. The van der Waals surface area contributed by atoms with Crippen molar-refractivity contribution in [1.82, 2.24) is 9.88 Å². The van der Waals surface area contributed by atoms with Gasteiger partial charge in [-0.3, -0.25) is 4.79 Å². The molecule has 1 N–H and O–H groups in total. The first-order valence-corrected chi connectivity index (χ1v) is 10.5. The minimum atomic E-state index is -0.0233. The molecule has 1 amide bonds. The Bertz CT molecular complexity index is 1140. The van der Waals surface area contributed by atoms with Crippen LogP contribution in [0, 0.1) is 6.92 Å². The number of para-hydroxylation sites is 1. The number of carbonyl (C=O) groups is 1. The van der Waals surface area contributed by atoms with Crippen molar-refractivity contribution in [3.63, 3.8) is 0 Å². The van der Waals surface area contributed by atoms with Crippen molar-refractivity contribution in [2.45, 2.75) is 32.2 Å². The number of amides is 1. The molecule has 2 unspecified atom stereocenters. The molecule has 2 atom stereocenters. The van der Waals surface area contributed by atoms with Crippen molar-refractivity contribution in [3.05, 3.63) is 107 Å². The highest BCUT2D eigenvalue weighted by atomic mass is 16.1. The van der Waals surface area contributed by atoms with Gasteiger partial charge in [0, 0.05) is 36.5 Å². The lowest BCUT2D eigenvalue weighted by atomic mass is 9.87. The second kappa shape index (κ2) is 8.58. The van der Waals surface area contributed by atoms with Gasteiger partial charge in [0.15, 0.2) is 0 Å². The average molecular weight is 397 g/mol. The molecule has 0 aliphatic rings. The molecule has 0 radical (unpaired) electrons. The van der Waals surface area contributed by atoms with E-state index in [1.54, 1.807) is 0 Å². The number of nitrogens with one attached hydrogen (secondary N) is 1. The van der Waals surface area contributed by atoms with Gasteiger partial charge in [0.1, 0.15) is 0 Å². The van der Waals surface area contributed by atoms with Gasteiger partial charge in [-0.1, -0.05) is 78.4 Å². The summed E-state index contributed by atoms with van der Waals surface area (Å²) in [5, 5.41) is 4.39. The van der Waals surface area contributed by atoms with Crippen molar-refractivity contribution in [2.75, 3.05) is 0 Å². The molecule has 0 fully saturated rings. The zero-order valence-electron chi connectivity index (χ0n) is 17.8. The van der Waals surface area contributed by atoms with Crippen LogP contribution in [0.4, 0.5) is 0 Å². The Morgan fingerprint density at radius 2 is 1.57 bits per heavy atom. The molecule has 0 saturated carbocycles. The average Bonchev–Trinajstić information content (AvgIpc) is 3.10. The molecule has 1 heterocycles. The van der Waals surface area contributed by atoms with Crippen LogP contribution in [0.15, 0.2) is 85.1 Å². The molecule has 4 rings (SSSR count). The van der Waals surface area contributed by atoms with E-state index in [0.29, 0.717) is 6.42 Å². The Morgan fingerprint density at radius 3 is 2.30 bits per heavy atom. The Hall–Kier alpha value is -3.33. The number of hydrogen-bond acceptors (Lipinski definition) is 1.